The molecule has 30 heavy (non-hydrogen) atoms. The molecule has 0 bridgehead atoms. The van der Waals surface area contributed by atoms with Crippen LogP contribution in [-0.2, 0) is 4.79 Å². The molecule has 3 saturated carbocycles. The lowest BCUT2D eigenvalue weighted by Gasteiger charge is -2.57. The van der Waals surface area contributed by atoms with Gasteiger partial charge in [0.15, 0.2) is 5.78 Å². The van der Waals surface area contributed by atoms with Crippen LogP contribution in [0.3, 0.4) is 0 Å². The molecule has 4 aliphatic carbocycles. The lowest BCUT2D eigenvalue weighted by Crippen LogP contribution is -2.52. The van der Waals surface area contributed by atoms with Gasteiger partial charge in [-0.25, -0.2) is 0 Å². The molecule has 0 aromatic carbocycles. The van der Waals surface area contributed by atoms with Crippen molar-refractivity contribution in [3.05, 3.63) is 23.8 Å². The van der Waals surface area contributed by atoms with E-state index in [1.54, 1.807) is 0 Å². The number of hydrogen-bond acceptors (Lipinski definition) is 1. The molecular weight excluding hydrogens is 364 g/mol. The van der Waals surface area contributed by atoms with E-state index in [9.17, 15) is 4.79 Å². The van der Waals surface area contributed by atoms with E-state index in [2.05, 4.69) is 47.6 Å². The van der Waals surface area contributed by atoms with Gasteiger partial charge < -0.3 is 0 Å². The van der Waals surface area contributed by atoms with Crippen molar-refractivity contribution in [2.45, 2.75) is 99.3 Å². The number of fused-ring (bicyclic) bond motifs is 5. The third-order valence-corrected chi connectivity index (χ3v) is 10.9. The Morgan fingerprint density at radius 3 is 2.50 bits per heavy atom. The van der Waals surface area contributed by atoms with E-state index in [1.807, 2.05) is 12.2 Å². The van der Waals surface area contributed by atoms with Gasteiger partial charge in [0.25, 0.3) is 0 Å². The molecule has 4 aliphatic rings. The van der Waals surface area contributed by atoms with Gasteiger partial charge in [-0.1, -0.05) is 65.2 Å². The largest absolute Gasteiger partial charge is 0.294 e. The van der Waals surface area contributed by atoms with Crippen LogP contribution in [0.5, 0.6) is 0 Å². The van der Waals surface area contributed by atoms with E-state index >= 15 is 0 Å². The summed E-state index contributed by atoms with van der Waals surface area (Å²) in [5, 5.41) is 0. The molecule has 8 atom stereocenters. The minimum Gasteiger partial charge on any atom is -0.294 e. The van der Waals surface area contributed by atoms with Crippen LogP contribution in [-0.4, -0.2) is 5.78 Å². The molecule has 0 radical (unpaired) electrons. The molecule has 0 amide bonds. The van der Waals surface area contributed by atoms with Gasteiger partial charge >= 0.3 is 0 Å². The Kier molecular flexibility index (Phi) is 6.15. The fraction of sp³-hybridized carbons (Fsp3) is 0.828. The van der Waals surface area contributed by atoms with Crippen LogP contribution in [0.25, 0.3) is 0 Å². The molecular formula is C29H46O. The van der Waals surface area contributed by atoms with Crippen molar-refractivity contribution in [3.8, 4) is 0 Å². The molecule has 0 N–H and O–H groups in total. The van der Waals surface area contributed by atoms with Gasteiger partial charge in [-0.15, -0.1) is 0 Å². The Labute approximate surface area is 186 Å². The molecule has 4 rings (SSSR count). The Morgan fingerprint density at radius 2 is 1.80 bits per heavy atom. The second kappa shape index (κ2) is 8.25. The van der Waals surface area contributed by atoms with Crippen molar-refractivity contribution < 1.29 is 4.79 Å². The van der Waals surface area contributed by atoms with Crippen molar-refractivity contribution >= 4 is 5.78 Å². The van der Waals surface area contributed by atoms with E-state index in [0.29, 0.717) is 17.1 Å². The highest BCUT2D eigenvalue weighted by molar-refractivity contribution is 5.99. The first kappa shape index (κ1) is 22.3. The molecule has 0 aromatic rings. The quantitative estimate of drug-likeness (QED) is 0.433. The number of rotatable bonds is 6. The fourth-order valence-electron chi connectivity index (χ4n) is 8.91. The third kappa shape index (κ3) is 3.38. The molecule has 0 saturated heterocycles. The summed E-state index contributed by atoms with van der Waals surface area (Å²) < 4.78 is 0. The van der Waals surface area contributed by atoms with Crippen LogP contribution in [0.15, 0.2) is 23.8 Å². The fourth-order valence-corrected chi connectivity index (χ4v) is 8.91. The van der Waals surface area contributed by atoms with Crippen LogP contribution < -0.4 is 0 Å². The molecule has 0 aromatic heterocycles. The van der Waals surface area contributed by atoms with Gasteiger partial charge in [0.05, 0.1) is 5.41 Å². The van der Waals surface area contributed by atoms with Crippen molar-refractivity contribution in [1.82, 2.24) is 0 Å². The highest BCUT2D eigenvalue weighted by atomic mass is 16.1. The molecule has 1 nitrogen and oxygen atoms in total. The maximum absolute atomic E-state index is 13.1. The molecule has 1 heteroatoms. The van der Waals surface area contributed by atoms with Crippen molar-refractivity contribution in [2.75, 3.05) is 0 Å². The average molecular weight is 411 g/mol. The number of hydrogen-bond donors (Lipinski definition) is 0. The Hall–Kier alpha value is -0.850. The van der Waals surface area contributed by atoms with Crippen molar-refractivity contribution in [2.24, 2.45) is 52.3 Å². The topological polar surface area (TPSA) is 17.1 Å². The second-order valence-electron chi connectivity index (χ2n) is 12.2. The van der Waals surface area contributed by atoms with Gasteiger partial charge in [0.1, 0.15) is 0 Å². The van der Waals surface area contributed by atoms with Crippen LogP contribution in [0.2, 0.25) is 0 Å². The average Bonchev–Trinajstić information content (AvgIpc) is 3.06. The van der Waals surface area contributed by atoms with Gasteiger partial charge in [-0.2, -0.15) is 0 Å². The van der Waals surface area contributed by atoms with Gasteiger partial charge in [-0.05, 0) is 105 Å². The normalized spacial score (nSPS) is 42.4. The molecule has 0 aliphatic heterocycles. The van der Waals surface area contributed by atoms with Crippen LogP contribution in [0.4, 0.5) is 0 Å². The summed E-state index contributed by atoms with van der Waals surface area (Å²) in [5.41, 5.74) is 1.74. The van der Waals surface area contributed by atoms with Gasteiger partial charge in [0, 0.05) is 0 Å². The van der Waals surface area contributed by atoms with Gasteiger partial charge in [-0.3, -0.25) is 4.79 Å². The number of carbonyl (C=O) groups excluding carboxylic acids is 1. The minimum absolute atomic E-state index is 0.200. The Morgan fingerprint density at radius 1 is 1.03 bits per heavy atom. The summed E-state index contributed by atoms with van der Waals surface area (Å²) >= 11 is 0. The van der Waals surface area contributed by atoms with Gasteiger partial charge in [0.2, 0.25) is 0 Å². The number of carbonyl (C=O) groups is 1. The zero-order chi connectivity index (χ0) is 21.7. The maximum atomic E-state index is 13.1. The highest BCUT2D eigenvalue weighted by Crippen LogP contribution is 2.67. The Balaban J connectivity index is 1.49. The number of ketones is 1. The smallest absolute Gasteiger partial charge is 0.165 e. The maximum Gasteiger partial charge on any atom is 0.165 e. The first-order valence-corrected chi connectivity index (χ1v) is 13.2. The van der Waals surface area contributed by atoms with Crippen molar-refractivity contribution in [1.29, 1.82) is 0 Å². The van der Waals surface area contributed by atoms with E-state index < -0.39 is 0 Å². The first-order chi connectivity index (χ1) is 14.2. The summed E-state index contributed by atoms with van der Waals surface area (Å²) in [6.07, 6.45) is 18.2. The van der Waals surface area contributed by atoms with E-state index in [-0.39, 0.29) is 5.41 Å². The molecule has 3 fully saturated rings. The zero-order valence-corrected chi connectivity index (χ0v) is 20.5. The molecule has 0 spiro atoms. The van der Waals surface area contributed by atoms with Crippen LogP contribution in [0, 0.1) is 52.3 Å². The second-order valence-corrected chi connectivity index (χ2v) is 12.2. The predicted octanol–water partition coefficient (Wildman–Crippen LogP) is 8.01. The Bertz CT molecular complexity index is 714. The molecule has 0 heterocycles. The SMILES string of the molecule is CC[C@H](CC[C@@H](C)[C@H]1CC[C@H]2[C@@H]3CCC4=CC=CC(=O)[C@]4(C)[C@H]3CC[C@]12C)C(C)C. The summed E-state index contributed by atoms with van der Waals surface area (Å²) in [7, 11) is 0. The minimum atomic E-state index is -0.200. The highest BCUT2D eigenvalue weighted by Gasteiger charge is 2.60. The standard InChI is InChI=1S/C29H46O/c1-7-21(19(2)3)12-11-20(4)24-15-16-25-23-14-13-22-9-8-10-27(30)29(22,6)26(23)17-18-28(24,25)5/h8-10,19-21,23-26H,7,11-18H2,1-6H3/t20-,21-,23+,24-,25+,26+,28-,29+/m1/s1. The molecule has 168 valence electrons. The lowest BCUT2D eigenvalue weighted by molar-refractivity contribution is -0.131. The third-order valence-electron chi connectivity index (χ3n) is 10.9. The van der Waals surface area contributed by atoms with Crippen molar-refractivity contribution in [3.63, 3.8) is 0 Å². The van der Waals surface area contributed by atoms with E-state index in [1.165, 1.54) is 56.9 Å². The van der Waals surface area contributed by atoms with Crippen LogP contribution >= 0.6 is 0 Å². The van der Waals surface area contributed by atoms with E-state index in [0.717, 1.165) is 41.9 Å². The summed E-state index contributed by atoms with van der Waals surface area (Å²) in [5.74, 6) is 6.01. The molecule has 0 unspecified atom stereocenters. The first-order valence-electron chi connectivity index (χ1n) is 13.2. The summed E-state index contributed by atoms with van der Waals surface area (Å²) in [6.45, 7) is 14.7. The monoisotopic (exact) mass is 410 g/mol. The summed E-state index contributed by atoms with van der Waals surface area (Å²) in [4.78, 5) is 13.1. The lowest BCUT2D eigenvalue weighted by atomic mass is 9.46. The zero-order valence-electron chi connectivity index (χ0n) is 20.5. The summed E-state index contributed by atoms with van der Waals surface area (Å²) in [6, 6.07) is 0. The predicted molar refractivity (Wildman–Crippen MR) is 127 cm³/mol. The number of allylic oxidation sites excluding steroid dienone is 4. The van der Waals surface area contributed by atoms with Crippen LogP contribution in [0.1, 0.15) is 99.3 Å². The van der Waals surface area contributed by atoms with E-state index in [4.69, 9.17) is 0 Å².